The van der Waals surface area contributed by atoms with E-state index in [-0.39, 0.29) is 6.10 Å². The van der Waals surface area contributed by atoms with Gasteiger partial charge in [-0.1, -0.05) is 38.8 Å². The molecule has 1 atom stereocenters. The molecule has 0 radical (unpaired) electrons. The van der Waals surface area contributed by atoms with Crippen molar-refractivity contribution in [1.29, 1.82) is 0 Å². The zero-order chi connectivity index (χ0) is 7.82. The van der Waals surface area contributed by atoms with E-state index in [1.165, 1.54) is 0 Å². The predicted octanol–water partition coefficient (Wildman–Crippen LogP) is 2.50. The molecule has 0 aromatic carbocycles. The van der Waals surface area contributed by atoms with Crippen LogP contribution in [-0.2, 0) is 0 Å². The lowest BCUT2D eigenvalue weighted by molar-refractivity contribution is 0.211. The van der Waals surface area contributed by atoms with Crippen LogP contribution in [-0.4, -0.2) is 11.2 Å². The molecule has 1 heteroatoms. The molecule has 0 heterocycles. The fourth-order valence-corrected chi connectivity index (χ4v) is 0.812. The molecule has 1 nitrogen and oxygen atoms in total. The second-order valence-corrected chi connectivity index (χ2v) is 2.57. The first kappa shape index (κ1) is 9.70. The molecule has 0 fully saturated rings. The molecule has 0 aromatic rings. The van der Waals surface area contributed by atoms with Crippen molar-refractivity contribution < 1.29 is 5.11 Å². The van der Waals surface area contributed by atoms with Crippen LogP contribution < -0.4 is 0 Å². The summed E-state index contributed by atoms with van der Waals surface area (Å²) in [6.07, 6.45) is 7.93. The highest BCUT2D eigenvalue weighted by Crippen LogP contribution is 1.98. The molecule has 0 bridgehead atoms. The van der Waals surface area contributed by atoms with Gasteiger partial charge >= 0.3 is 0 Å². The molecule has 1 unspecified atom stereocenters. The lowest BCUT2D eigenvalue weighted by Gasteiger charge is -2.00. The predicted molar refractivity (Wildman–Crippen MR) is 45.0 cm³/mol. The molecular formula is C9H18O. The van der Waals surface area contributed by atoms with Gasteiger partial charge in [-0.3, -0.25) is 0 Å². The Hall–Kier alpha value is -0.300. The molecule has 0 spiro atoms. The minimum absolute atomic E-state index is 0.212. The van der Waals surface area contributed by atoms with Crippen LogP contribution >= 0.6 is 0 Å². The van der Waals surface area contributed by atoms with Crippen LogP contribution in [0.4, 0.5) is 0 Å². The van der Waals surface area contributed by atoms with Gasteiger partial charge in [-0.05, 0) is 12.8 Å². The summed E-state index contributed by atoms with van der Waals surface area (Å²) in [4.78, 5) is 0. The molecule has 1 N–H and O–H groups in total. The van der Waals surface area contributed by atoms with E-state index in [2.05, 4.69) is 19.9 Å². The number of allylic oxidation sites excluding steroid dienone is 1. The SMILES string of the molecule is CCC/C=C/C(O)CCC. The lowest BCUT2D eigenvalue weighted by atomic mass is 10.2. The van der Waals surface area contributed by atoms with E-state index in [1.807, 2.05) is 6.08 Å². The quantitative estimate of drug-likeness (QED) is 0.585. The first-order chi connectivity index (χ1) is 4.81. The summed E-state index contributed by atoms with van der Waals surface area (Å²) in [5, 5.41) is 9.19. The largest absolute Gasteiger partial charge is 0.389 e. The maximum absolute atomic E-state index is 9.19. The highest BCUT2D eigenvalue weighted by molar-refractivity contribution is 4.87. The van der Waals surface area contributed by atoms with E-state index in [4.69, 9.17) is 0 Å². The molecular weight excluding hydrogens is 124 g/mol. The van der Waals surface area contributed by atoms with Gasteiger partial charge < -0.3 is 5.11 Å². The van der Waals surface area contributed by atoms with E-state index in [9.17, 15) is 5.11 Å². The van der Waals surface area contributed by atoms with E-state index < -0.39 is 0 Å². The van der Waals surface area contributed by atoms with Gasteiger partial charge in [0.05, 0.1) is 6.10 Å². The number of hydrogen-bond donors (Lipinski definition) is 1. The van der Waals surface area contributed by atoms with E-state index in [1.54, 1.807) is 0 Å². The van der Waals surface area contributed by atoms with Crippen LogP contribution in [0.2, 0.25) is 0 Å². The van der Waals surface area contributed by atoms with E-state index in [0.29, 0.717) is 0 Å². The number of unbranched alkanes of at least 4 members (excludes halogenated alkanes) is 1. The average Bonchev–Trinajstić information content (AvgIpc) is 1.89. The Morgan fingerprint density at radius 1 is 1.30 bits per heavy atom. The molecule has 0 amide bonds. The second kappa shape index (κ2) is 6.81. The fourth-order valence-electron chi connectivity index (χ4n) is 0.812. The smallest absolute Gasteiger partial charge is 0.0720 e. The lowest BCUT2D eigenvalue weighted by Crippen LogP contribution is -1.99. The Morgan fingerprint density at radius 3 is 2.50 bits per heavy atom. The Kier molecular flexibility index (Phi) is 6.61. The van der Waals surface area contributed by atoms with Crippen LogP contribution in [0.25, 0.3) is 0 Å². The van der Waals surface area contributed by atoms with Gasteiger partial charge in [-0.25, -0.2) is 0 Å². The zero-order valence-electron chi connectivity index (χ0n) is 7.01. The van der Waals surface area contributed by atoms with Gasteiger partial charge in [0.15, 0.2) is 0 Å². The van der Waals surface area contributed by atoms with Gasteiger partial charge in [-0.15, -0.1) is 0 Å². The summed E-state index contributed by atoms with van der Waals surface area (Å²) in [7, 11) is 0. The normalized spacial score (nSPS) is 14.3. The summed E-state index contributed by atoms with van der Waals surface area (Å²) < 4.78 is 0. The molecule has 0 saturated carbocycles. The third-order valence-electron chi connectivity index (χ3n) is 1.40. The Labute approximate surface area is 63.8 Å². The van der Waals surface area contributed by atoms with Crippen molar-refractivity contribution in [3.63, 3.8) is 0 Å². The first-order valence-corrected chi connectivity index (χ1v) is 4.16. The molecule has 0 aliphatic carbocycles. The van der Waals surface area contributed by atoms with Crippen molar-refractivity contribution in [2.24, 2.45) is 0 Å². The van der Waals surface area contributed by atoms with Crippen molar-refractivity contribution >= 4 is 0 Å². The van der Waals surface area contributed by atoms with E-state index in [0.717, 1.165) is 25.7 Å². The molecule has 0 rings (SSSR count). The minimum atomic E-state index is -0.212. The zero-order valence-corrected chi connectivity index (χ0v) is 7.01. The van der Waals surface area contributed by atoms with Crippen LogP contribution in [0, 0.1) is 0 Å². The van der Waals surface area contributed by atoms with Crippen LogP contribution in [0.5, 0.6) is 0 Å². The summed E-state index contributed by atoms with van der Waals surface area (Å²) in [5.41, 5.74) is 0. The van der Waals surface area contributed by atoms with Gasteiger partial charge in [-0.2, -0.15) is 0 Å². The standard InChI is InChI=1S/C9H18O/c1-3-5-6-8-9(10)7-4-2/h6,8-10H,3-5,7H2,1-2H3/b8-6+. The van der Waals surface area contributed by atoms with Crippen molar-refractivity contribution in [1.82, 2.24) is 0 Å². The van der Waals surface area contributed by atoms with Crippen molar-refractivity contribution in [3.8, 4) is 0 Å². The summed E-state index contributed by atoms with van der Waals surface area (Å²) >= 11 is 0. The fraction of sp³-hybridized carbons (Fsp3) is 0.778. The maximum atomic E-state index is 9.19. The minimum Gasteiger partial charge on any atom is -0.389 e. The summed E-state index contributed by atoms with van der Waals surface area (Å²) in [6.45, 7) is 4.22. The van der Waals surface area contributed by atoms with Gasteiger partial charge in [0, 0.05) is 0 Å². The molecule has 0 aliphatic heterocycles. The number of hydrogen-bond acceptors (Lipinski definition) is 1. The molecule has 10 heavy (non-hydrogen) atoms. The van der Waals surface area contributed by atoms with Crippen molar-refractivity contribution in [2.45, 2.75) is 45.6 Å². The Balaban J connectivity index is 3.26. The first-order valence-electron chi connectivity index (χ1n) is 4.16. The van der Waals surface area contributed by atoms with Crippen molar-refractivity contribution in [2.75, 3.05) is 0 Å². The Morgan fingerprint density at radius 2 is 2.00 bits per heavy atom. The van der Waals surface area contributed by atoms with E-state index >= 15 is 0 Å². The van der Waals surface area contributed by atoms with Crippen molar-refractivity contribution in [3.05, 3.63) is 12.2 Å². The monoisotopic (exact) mass is 142 g/mol. The number of aliphatic hydroxyl groups excluding tert-OH is 1. The molecule has 0 aromatic heterocycles. The number of aliphatic hydroxyl groups is 1. The van der Waals surface area contributed by atoms with Gasteiger partial charge in [0.25, 0.3) is 0 Å². The summed E-state index contributed by atoms with van der Waals surface area (Å²) in [6, 6.07) is 0. The third kappa shape index (κ3) is 5.83. The van der Waals surface area contributed by atoms with Gasteiger partial charge in [0.2, 0.25) is 0 Å². The maximum Gasteiger partial charge on any atom is 0.0720 e. The van der Waals surface area contributed by atoms with Crippen LogP contribution in [0.1, 0.15) is 39.5 Å². The average molecular weight is 142 g/mol. The second-order valence-electron chi connectivity index (χ2n) is 2.57. The molecule has 0 aliphatic rings. The highest BCUT2D eigenvalue weighted by atomic mass is 16.3. The number of rotatable bonds is 5. The van der Waals surface area contributed by atoms with Crippen LogP contribution in [0.15, 0.2) is 12.2 Å². The third-order valence-corrected chi connectivity index (χ3v) is 1.40. The van der Waals surface area contributed by atoms with Crippen LogP contribution in [0.3, 0.4) is 0 Å². The topological polar surface area (TPSA) is 20.2 Å². The Bertz CT molecular complexity index is 86.7. The molecule has 60 valence electrons. The molecule has 0 saturated heterocycles. The highest BCUT2D eigenvalue weighted by Gasteiger charge is 1.93. The van der Waals surface area contributed by atoms with Gasteiger partial charge in [0.1, 0.15) is 0 Å². The summed E-state index contributed by atoms with van der Waals surface area (Å²) in [5.74, 6) is 0.